The molecule has 2 N–H and O–H groups in total. The van der Waals surface area contributed by atoms with Crippen molar-refractivity contribution in [1.29, 1.82) is 0 Å². The minimum absolute atomic E-state index is 0.0416. The molecule has 140 valence electrons. The first-order valence-electron chi connectivity index (χ1n) is 9.04. The van der Waals surface area contributed by atoms with E-state index in [2.05, 4.69) is 29.4 Å². The topological polar surface area (TPSA) is 73.9 Å². The maximum Gasteiger partial charge on any atom is 0.234 e. The average molecular weight is 342 g/mol. The number of nitrogens with zero attached hydrogens (tertiary/aromatic N) is 2. The molecule has 1 aliphatic rings. The number of carbonyl (C=O) groups is 2. The number of nitrogens with one attached hydrogen (secondary N) is 2. The molecule has 1 rings (SSSR count). The van der Waals surface area contributed by atoms with Gasteiger partial charge in [0, 0.05) is 32.7 Å². The van der Waals surface area contributed by atoms with Crippen molar-refractivity contribution in [2.24, 2.45) is 5.92 Å². The lowest BCUT2D eigenvalue weighted by atomic mass is 10.2. The third-order valence-electron chi connectivity index (χ3n) is 3.93. The fourth-order valence-corrected chi connectivity index (χ4v) is 2.81. The molecule has 1 heterocycles. The van der Waals surface area contributed by atoms with Gasteiger partial charge in [-0.1, -0.05) is 20.8 Å². The normalized spacial score (nSPS) is 18.8. The van der Waals surface area contributed by atoms with E-state index in [-0.39, 0.29) is 31.0 Å². The summed E-state index contributed by atoms with van der Waals surface area (Å²) in [4.78, 5) is 27.9. The van der Waals surface area contributed by atoms with E-state index in [1.165, 1.54) is 0 Å². The zero-order valence-corrected chi connectivity index (χ0v) is 15.6. The van der Waals surface area contributed by atoms with Gasteiger partial charge < -0.3 is 15.4 Å². The van der Waals surface area contributed by atoms with Gasteiger partial charge in [-0.25, -0.2) is 0 Å². The van der Waals surface area contributed by atoms with Crippen LogP contribution in [-0.2, 0) is 14.3 Å². The maximum atomic E-state index is 12.1. The summed E-state index contributed by atoms with van der Waals surface area (Å²) < 4.78 is 5.73. The van der Waals surface area contributed by atoms with Crippen molar-refractivity contribution in [3.8, 4) is 0 Å². The standard InChI is InChI=1S/C17H34N4O3/c1-5-18-16(22)12-20(6-2)13-17(23)19-9-15-11-21(7-8-24-15)10-14(3)4/h14-15H,5-13H2,1-4H3,(H,18,22)(H,19,23). The van der Waals surface area contributed by atoms with E-state index in [1.54, 1.807) is 0 Å². The Morgan fingerprint density at radius 1 is 1.21 bits per heavy atom. The van der Waals surface area contributed by atoms with Crippen LogP contribution in [0.1, 0.15) is 27.7 Å². The van der Waals surface area contributed by atoms with Crippen LogP contribution < -0.4 is 10.6 Å². The first-order valence-corrected chi connectivity index (χ1v) is 9.04. The van der Waals surface area contributed by atoms with E-state index in [4.69, 9.17) is 4.74 Å². The van der Waals surface area contributed by atoms with Crippen LogP contribution in [0.4, 0.5) is 0 Å². The highest BCUT2D eigenvalue weighted by atomic mass is 16.5. The second-order valence-corrected chi connectivity index (χ2v) is 6.71. The Balaban J connectivity index is 2.30. The Morgan fingerprint density at radius 2 is 1.88 bits per heavy atom. The van der Waals surface area contributed by atoms with Gasteiger partial charge in [0.25, 0.3) is 0 Å². The van der Waals surface area contributed by atoms with Crippen molar-refractivity contribution in [2.45, 2.75) is 33.8 Å². The molecule has 7 heteroatoms. The molecule has 0 bridgehead atoms. The first kappa shape index (κ1) is 20.9. The third kappa shape index (κ3) is 8.61. The summed E-state index contributed by atoms with van der Waals surface area (Å²) in [5, 5.41) is 5.68. The summed E-state index contributed by atoms with van der Waals surface area (Å²) >= 11 is 0. The maximum absolute atomic E-state index is 12.1. The van der Waals surface area contributed by atoms with E-state index < -0.39 is 0 Å². The van der Waals surface area contributed by atoms with Crippen LogP contribution in [0.25, 0.3) is 0 Å². The molecule has 0 radical (unpaired) electrons. The molecular formula is C17H34N4O3. The van der Waals surface area contributed by atoms with Crippen LogP contribution in [0.5, 0.6) is 0 Å². The lowest BCUT2D eigenvalue weighted by Gasteiger charge is -2.34. The lowest BCUT2D eigenvalue weighted by Crippen LogP contribution is -2.50. The molecule has 24 heavy (non-hydrogen) atoms. The molecule has 1 atom stereocenters. The highest BCUT2D eigenvalue weighted by molar-refractivity contribution is 5.81. The van der Waals surface area contributed by atoms with Crippen LogP contribution in [-0.4, -0.2) is 86.7 Å². The Kier molecular flexibility index (Phi) is 9.90. The SMILES string of the molecule is CCNC(=O)CN(CC)CC(=O)NCC1CN(CC(C)C)CCO1. The van der Waals surface area contributed by atoms with Crippen molar-refractivity contribution in [2.75, 3.05) is 59.0 Å². The van der Waals surface area contributed by atoms with Gasteiger partial charge in [-0.15, -0.1) is 0 Å². The van der Waals surface area contributed by atoms with Crippen LogP contribution in [0.3, 0.4) is 0 Å². The number of likely N-dealkylation sites (N-methyl/N-ethyl adjacent to an activating group) is 2. The molecule has 0 saturated carbocycles. The Labute approximate surface area is 146 Å². The van der Waals surface area contributed by atoms with Crippen molar-refractivity contribution >= 4 is 11.8 Å². The molecule has 1 unspecified atom stereocenters. The molecule has 0 aromatic carbocycles. The van der Waals surface area contributed by atoms with Gasteiger partial charge in [-0.05, 0) is 19.4 Å². The van der Waals surface area contributed by atoms with Gasteiger partial charge in [0.1, 0.15) is 0 Å². The van der Waals surface area contributed by atoms with Crippen LogP contribution >= 0.6 is 0 Å². The Hall–Kier alpha value is -1.18. The van der Waals surface area contributed by atoms with Gasteiger partial charge in [0.05, 0.1) is 25.8 Å². The van der Waals surface area contributed by atoms with Crippen molar-refractivity contribution in [3.05, 3.63) is 0 Å². The molecule has 0 spiro atoms. The summed E-state index contributed by atoms with van der Waals surface area (Å²) in [7, 11) is 0. The number of rotatable bonds is 10. The molecule has 1 aliphatic heterocycles. The Morgan fingerprint density at radius 3 is 2.46 bits per heavy atom. The minimum Gasteiger partial charge on any atom is -0.374 e. The number of morpholine rings is 1. The highest BCUT2D eigenvalue weighted by Crippen LogP contribution is 2.07. The molecular weight excluding hydrogens is 308 g/mol. The molecule has 2 amide bonds. The summed E-state index contributed by atoms with van der Waals surface area (Å²) in [6.07, 6.45) is 0.0416. The average Bonchev–Trinajstić information content (AvgIpc) is 2.52. The zero-order chi connectivity index (χ0) is 17.9. The van der Waals surface area contributed by atoms with Gasteiger partial charge in [-0.3, -0.25) is 19.4 Å². The smallest absolute Gasteiger partial charge is 0.234 e. The van der Waals surface area contributed by atoms with E-state index >= 15 is 0 Å². The molecule has 0 aromatic rings. The van der Waals surface area contributed by atoms with E-state index in [0.717, 1.165) is 19.6 Å². The first-order chi connectivity index (χ1) is 11.4. The number of amides is 2. The van der Waals surface area contributed by atoms with Crippen LogP contribution in [0.15, 0.2) is 0 Å². The van der Waals surface area contributed by atoms with Crippen LogP contribution in [0.2, 0.25) is 0 Å². The highest BCUT2D eigenvalue weighted by Gasteiger charge is 2.21. The van der Waals surface area contributed by atoms with Crippen LogP contribution in [0, 0.1) is 5.92 Å². The van der Waals surface area contributed by atoms with Crippen molar-refractivity contribution in [1.82, 2.24) is 20.4 Å². The Bertz CT molecular complexity index is 390. The van der Waals surface area contributed by atoms with Gasteiger partial charge in [0.15, 0.2) is 0 Å². The van der Waals surface area contributed by atoms with E-state index in [0.29, 0.717) is 32.2 Å². The van der Waals surface area contributed by atoms with E-state index in [9.17, 15) is 9.59 Å². The van der Waals surface area contributed by atoms with Crippen molar-refractivity contribution in [3.63, 3.8) is 0 Å². The molecule has 0 aromatic heterocycles. The fraction of sp³-hybridized carbons (Fsp3) is 0.882. The predicted molar refractivity (Wildman–Crippen MR) is 94.8 cm³/mol. The largest absolute Gasteiger partial charge is 0.374 e. The molecule has 0 aliphatic carbocycles. The number of carbonyl (C=O) groups excluding carboxylic acids is 2. The monoisotopic (exact) mass is 342 g/mol. The lowest BCUT2D eigenvalue weighted by molar-refractivity contribution is -0.125. The van der Waals surface area contributed by atoms with E-state index in [1.807, 2.05) is 18.7 Å². The third-order valence-corrected chi connectivity index (χ3v) is 3.93. The van der Waals surface area contributed by atoms with Crippen molar-refractivity contribution < 1.29 is 14.3 Å². The molecule has 7 nitrogen and oxygen atoms in total. The van der Waals surface area contributed by atoms with Gasteiger partial charge in [-0.2, -0.15) is 0 Å². The summed E-state index contributed by atoms with van der Waals surface area (Å²) in [5.74, 6) is 0.517. The summed E-state index contributed by atoms with van der Waals surface area (Å²) in [6, 6.07) is 0. The second-order valence-electron chi connectivity index (χ2n) is 6.71. The minimum atomic E-state index is -0.0641. The summed E-state index contributed by atoms with van der Waals surface area (Å²) in [6.45, 7) is 14.1. The number of hydrogen-bond donors (Lipinski definition) is 2. The van der Waals surface area contributed by atoms with Gasteiger partial charge in [0.2, 0.25) is 11.8 Å². The second kappa shape index (κ2) is 11.4. The quantitative estimate of drug-likeness (QED) is 0.581. The fourth-order valence-electron chi connectivity index (χ4n) is 2.81. The molecule has 1 saturated heterocycles. The predicted octanol–water partition coefficient (Wildman–Crippen LogP) is -0.0826. The van der Waals surface area contributed by atoms with Gasteiger partial charge >= 0.3 is 0 Å². The number of hydrogen-bond acceptors (Lipinski definition) is 5. The molecule has 1 fully saturated rings. The summed E-state index contributed by atoms with van der Waals surface area (Å²) in [5.41, 5.74) is 0. The zero-order valence-electron chi connectivity index (χ0n) is 15.6. The number of ether oxygens (including phenoxy) is 1.